The fraction of sp³-hybridized carbons (Fsp3) is 0.200. The SMILES string of the molecule is CCN1C(=O)SC(=Cc2cccc(OCc3ccc(C)cc3)c2)C1=O. The summed E-state index contributed by atoms with van der Waals surface area (Å²) in [6, 6.07) is 15.7. The van der Waals surface area contributed by atoms with Gasteiger partial charge in [-0.2, -0.15) is 0 Å². The summed E-state index contributed by atoms with van der Waals surface area (Å²) in [7, 11) is 0. The van der Waals surface area contributed by atoms with Crippen molar-refractivity contribution in [2.24, 2.45) is 0 Å². The van der Waals surface area contributed by atoms with Crippen molar-refractivity contribution < 1.29 is 14.3 Å². The first-order chi connectivity index (χ1) is 12.1. The van der Waals surface area contributed by atoms with E-state index in [0.717, 1.165) is 28.6 Å². The van der Waals surface area contributed by atoms with Crippen LogP contribution < -0.4 is 4.74 Å². The van der Waals surface area contributed by atoms with E-state index < -0.39 is 0 Å². The summed E-state index contributed by atoms with van der Waals surface area (Å²) in [4.78, 5) is 25.6. The second kappa shape index (κ2) is 7.57. The van der Waals surface area contributed by atoms with Crippen molar-refractivity contribution in [2.45, 2.75) is 20.5 Å². The van der Waals surface area contributed by atoms with Crippen LogP contribution in [0.15, 0.2) is 53.4 Å². The topological polar surface area (TPSA) is 46.6 Å². The average molecular weight is 353 g/mol. The van der Waals surface area contributed by atoms with E-state index in [-0.39, 0.29) is 11.1 Å². The number of carbonyl (C=O) groups is 2. The van der Waals surface area contributed by atoms with Gasteiger partial charge in [0, 0.05) is 6.54 Å². The number of ether oxygens (including phenoxy) is 1. The molecule has 2 aromatic carbocycles. The minimum atomic E-state index is -0.233. The number of imide groups is 1. The normalized spacial score (nSPS) is 15.9. The highest BCUT2D eigenvalue weighted by atomic mass is 32.2. The van der Waals surface area contributed by atoms with Gasteiger partial charge in [-0.15, -0.1) is 0 Å². The number of nitrogens with zero attached hydrogens (tertiary/aromatic N) is 1. The van der Waals surface area contributed by atoms with Gasteiger partial charge in [0.05, 0.1) is 4.91 Å². The summed E-state index contributed by atoms with van der Waals surface area (Å²) < 4.78 is 5.83. The smallest absolute Gasteiger partial charge is 0.293 e. The number of benzene rings is 2. The van der Waals surface area contributed by atoms with Crippen LogP contribution in [-0.4, -0.2) is 22.6 Å². The molecule has 0 radical (unpaired) electrons. The number of amides is 2. The van der Waals surface area contributed by atoms with E-state index in [9.17, 15) is 9.59 Å². The van der Waals surface area contributed by atoms with E-state index in [1.807, 2.05) is 43.3 Å². The summed E-state index contributed by atoms with van der Waals surface area (Å²) >= 11 is 0.976. The van der Waals surface area contributed by atoms with Crippen LogP contribution in [0.4, 0.5) is 4.79 Å². The van der Waals surface area contributed by atoms with Gasteiger partial charge in [0.2, 0.25) is 0 Å². The van der Waals surface area contributed by atoms with Gasteiger partial charge < -0.3 is 4.74 Å². The minimum Gasteiger partial charge on any atom is -0.489 e. The number of thioether (sulfide) groups is 1. The van der Waals surface area contributed by atoms with Gasteiger partial charge in [0.1, 0.15) is 12.4 Å². The highest BCUT2D eigenvalue weighted by molar-refractivity contribution is 8.18. The number of likely N-dealkylation sites (N-methyl/N-ethyl adjacent to an activating group) is 1. The van der Waals surface area contributed by atoms with Gasteiger partial charge in [-0.1, -0.05) is 42.0 Å². The summed E-state index contributed by atoms with van der Waals surface area (Å²) in [5.41, 5.74) is 3.15. The van der Waals surface area contributed by atoms with Gasteiger partial charge in [-0.3, -0.25) is 14.5 Å². The second-order valence-electron chi connectivity index (χ2n) is 5.77. The van der Waals surface area contributed by atoms with Crippen molar-refractivity contribution in [2.75, 3.05) is 6.54 Å². The molecule has 0 spiro atoms. The fourth-order valence-corrected chi connectivity index (χ4v) is 3.37. The van der Waals surface area contributed by atoms with Crippen LogP contribution in [0.2, 0.25) is 0 Å². The molecular formula is C20H19NO3S. The molecule has 1 aliphatic rings. The highest BCUT2D eigenvalue weighted by Gasteiger charge is 2.33. The first-order valence-corrected chi connectivity index (χ1v) is 8.92. The van der Waals surface area contributed by atoms with Crippen LogP contribution in [0.3, 0.4) is 0 Å². The Balaban J connectivity index is 1.71. The lowest BCUT2D eigenvalue weighted by Gasteiger charge is -2.08. The van der Waals surface area contributed by atoms with Crippen LogP contribution in [0.1, 0.15) is 23.6 Å². The molecule has 0 aromatic heterocycles. The van der Waals surface area contributed by atoms with Crippen LogP contribution in [0, 0.1) is 6.92 Å². The molecule has 0 atom stereocenters. The quantitative estimate of drug-likeness (QED) is 0.735. The Hall–Kier alpha value is -2.53. The molecule has 1 saturated heterocycles. The Bertz CT molecular complexity index is 827. The number of aryl methyl sites for hydroxylation is 1. The Kier molecular flexibility index (Phi) is 5.24. The standard InChI is InChI=1S/C20H19NO3S/c1-3-21-19(22)18(25-20(21)23)12-16-5-4-6-17(11-16)24-13-15-9-7-14(2)8-10-15/h4-12H,3,13H2,1-2H3. The van der Waals surface area contributed by atoms with Crippen molar-refractivity contribution >= 4 is 29.0 Å². The van der Waals surface area contributed by atoms with E-state index in [1.54, 1.807) is 13.0 Å². The molecule has 0 bridgehead atoms. The molecule has 4 nitrogen and oxygen atoms in total. The molecule has 5 heteroatoms. The number of carbonyl (C=O) groups excluding carboxylic acids is 2. The average Bonchev–Trinajstić information content (AvgIpc) is 2.88. The van der Waals surface area contributed by atoms with Gasteiger partial charge in [-0.25, -0.2) is 0 Å². The highest BCUT2D eigenvalue weighted by Crippen LogP contribution is 2.32. The van der Waals surface area contributed by atoms with Crippen LogP contribution >= 0.6 is 11.8 Å². The van der Waals surface area contributed by atoms with E-state index in [2.05, 4.69) is 12.1 Å². The number of hydrogen-bond donors (Lipinski definition) is 0. The third-order valence-corrected chi connectivity index (χ3v) is 4.78. The molecule has 128 valence electrons. The Morgan fingerprint density at radius 2 is 1.88 bits per heavy atom. The Morgan fingerprint density at radius 3 is 2.56 bits per heavy atom. The predicted molar refractivity (Wildman–Crippen MR) is 100 cm³/mol. The van der Waals surface area contributed by atoms with Gasteiger partial charge in [0.25, 0.3) is 11.1 Å². The lowest BCUT2D eigenvalue weighted by atomic mass is 10.1. The molecule has 3 rings (SSSR count). The van der Waals surface area contributed by atoms with Crippen LogP contribution in [0.5, 0.6) is 5.75 Å². The molecule has 25 heavy (non-hydrogen) atoms. The first-order valence-electron chi connectivity index (χ1n) is 8.10. The molecule has 1 heterocycles. The summed E-state index contributed by atoms with van der Waals surface area (Å²) in [5, 5.41) is -0.217. The third kappa shape index (κ3) is 4.12. The van der Waals surface area contributed by atoms with Crippen molar-refractivity contribution in [3.8, 4) is 5.75 Å². The zero-order chi connectivity index (χ0) is 17.8. The number of hydrogen-bond acceptors (Lipinski definition) is 4. The number of rotatable bonds is 5. The summed E-state index contributed by atoms with van der Waals surface area (Å²) in [5.74, 6) is 0.493. The van der Waals surface area contributed by atoms with Crippen molar-refractivity contribution in [1.82, 2.24) is 4.90 Å². The molecule has 0 saturated carbocycles. The molecule has 1 aliphatic heterocycles. The molecule has 0 N–H and O–H groups in total. The van der Waals surface area contributed by atoms with Gasteiger partial charge >= 0.3 is 0 Å². The van der Waals surface area contributed by atoms with Gasteiger partial charge in [0.15, 0.2) is 0 Å². The Morgan fingerprint density at radius 1 is 1.12 bits per heavy atom. The Labute approximate surface area is 151 Å². The molecule has 0 aliphatic carbocycles. The predicted octanol–water partition coefficient (Wildman–Crippen LogP) is 4.63. The minimum absolute atomic E-state index is 0.217. The van der Waals surface area contributed by atoms with Crippen molar-refractivity contribution in [3.05, 3.63) is 70.1 Å². The maximum atomic E-state index is 12.2. The third-order valence-electron chi connectivity index (χ3n) is 3.87. The monoisotopic (exact) mass is 353 g/mol. The van der Waals surface area contributed by atoms with E-state index >= 15 is 0 Å². The molecule has 2 aromatic rings. The van der Waals surface area contributed by atoms with Gasteiger partial charge in [-0.05, 0) is 54.9 Å². The molecular weight excluding hydrogens is 334 g/mol. The zero-order valence-electron chi connectivity index (χ0n) is 14.2. The molecule has 0 unspecified atom stereocenters. The summed E-state index contributed by atoms with van der Waals surface area (Å²) in [6.45, 7) is 4.71. The van der Waals surface area contributed by atoms with Crippen molar-refractivity contribution in [3.63, 3.8) is 0 Å². The zero-order valence-corrected chi connectivity index (χ0v) is 15.0. The molecule has 1 fully saturated rings. The van der Waals surface area contributed by atoms with Crippen molar-refractivity contribution in [1.29, 1.82) is 0 Å². The fourth-order valence-electron chi connectivity index (χ4n) is 2.47. The van der Waals surface area contributed by atoms with E-state index in [1.165, 1.54) is 10.5 Å². The maximum Gasteiger partial charge on any atom is 0.293 e. The second-order valence-corrected chi connectivity index (χ2v) is 6.77. The lowest BCUT2D eigenvalue weighted by Crippen LogP contribution is -2.27. The largest absolute Gasteiger partial charge is 0.489 e. The van der Waals surface area contributed by atoms with Crippen LogP contribution in [0.25, 0.3) is 6.08 Å². The maximum absolute atomic E-state index is 12.2. The lowest BCUT2D eigenvalue weighted by molar-refractivity contribution is -0.122. The summed E-state index contributed by atoms with van der Waals surface area (Å²) in [6.07, 6.45) is 1.74. The van der Waals surface area contributed by atoms with E-state index in [4.69, 9.17) is 4.74 Å². The first kappa shape index (κ1) is 17.3. The molecule has 2 amide bonds. The van der Waals surface area contributed by atoms with Crippen LogP contribution in [-0.2, 0) is 11.4 Å². The van der Waals surface area contributed by atoms with E-state index in [0.29, 0.717) is 18.1 Å².